The summed E-state index contributed by atoms with van der Waals surface area (Å²) in [7, 11) is 0. The quantitative estimate of drug-likeness (QED) is 0.579. The summed E-state index contributed by atoms with van der Waals surface area (Å²) in [5.41, 5.74) is 1.04. The van der Waals surface area contributed by atoms with Crippen molar-refractivity contribution in [3.05, 3.63) is 35.4 Å². The first kappa shape index (κ1) is 17.5. The van der Waals surface area contributed by atoms with E-state index in [-0.39, 0.29) is 11.9 Å². The molecule has 126 valence electrons. The van der Waals surface area contributed by atoms with Crippen LogP contribution in [0.5, 0.6) is 0 Å². The molecule has 1 N–H and O–H groups in total. The average Bonchev–Trinajstić information content (AvgIpc) is 2.75. The highest BCUT2D eigenvalue weighted by atomic mass is 16.2. The maximum atomic E-state index is 12.7. The monoisotopic (exact) mass is 316 g/mol. The third kappa shape index (κ3) is 3.92. The SMILES string of the molecule is CCCCCCCCN1C(=O)N[C@@](C)(c2ccc(C)cc2)C1=O. The van der Waals surface area contributed by atoms with Gasteiger partial charge < -0.3 is 5.32 Å². The fraction of sp³-hybridized carbons (Fsp3) is 0.579. The number of rotatable bonds is 8. The van der Waals surface area contributed by atoms with Crippen molar-refractivity contribution in [2.45, 2.75) is 64.8 Å². The second-order valence-electron chi connectivity index (χ2n) is 6.65. The van der Waals surface area contributed by atoms with Gasteiger partial charge in [-0.3, -0.25) is 9.69 Å². The van der Waals surface area contributed by atoms with E-state index in [2.05, 4.69) is 12.2 Å². The Morgan fingerprint density at radius 1 is 1.00 bits per heavy atom. The molecule has 0 bridgehead atoms. The molecule has 4 nitrogen and oxygen atoms in total. The number of amides is 3. The number of nitrogens with zero attached hydrogens (tertiary/aromatic N) is 1. The molecule has 1 saturated heterocycles. The standard InChI is InChI=1S/C19H28N2O2/c1-4-5-6-7-8-9-14-21-17(22)19(3,20-18(21)23)16-12-10-15(2)11-13-16/h10-13H,4-9,14H2,1-3H3,(H,20,23)/t19-/m0/s1. The van der Waals surface area contributed by atoms with Crippen molar-refractivity contribution in [3.63, 3.8) is 0 Å². The van der Waals surface area contributed by atoms with E-state index in [4.69, 9.17) is 0 Å². The van der Waals surface area contributed by atoms with Crippen LogP contribution in [0.15, 0.2) is 24.3 Å². The zero-order valence-electron chi connectivity index (χ0n) is 14.5. The molecule has 3 amide bonds. The molecule has 1 aliphatic heterocycles. The molecule has 0 radical (unpaired) electrons. The van der Waals surface area contributed by atoms with Crippen LogP contribution in [0.2, 0.25) is 0 Å². The summed E-state index contributed by atoms with van der Waals surface area (Å²) < 4.78 is 0. The molecular formula is C19H28N2O2. The van der Waals surface area contributed by atoms with Crippen molar-refractivity contribution in [3.8, 4) is 0 Å². The van der Waals surface area contributed by atoms with E-state index in [0.717, 1.165) is 24.0 Å². The molecule has 23 heavy (non-hydrogen) atoms. The highest BCUT2D eigenvalue weighted by Crippen LogP contribution is 2.29. The third-order valence-electron chi connectivity index (χ3n) is 4.64. The molecular weight excluding hydrogens is 288 g/mol. The lowest BCUT2D eigenvalue weighted by Gasteiger charge is -2.22. The Bertz CT molecular complexity index is 553. The second kappa shape index (κ2) is 7.62. The number of unbranched alkanes of at least 4 members (excludes halogenated alkanes) is 5. The van der Waals surface area contributed by atoms with Crippen LogP contribution in [0.1, 0.15) is 63.5 Å². The van der Waals surface area contributed by atoms with E-state index in [1.807, 2.05) is 31.2 Å². The largest absolute Gasteiger partial charge is 0.325 e. The number of carbonyl (C=O) groups is 2. The van der Waals surface area contributed by atoms with Crippen molar-refractivity contribution in [2.75, 3.05) is 6.54 Å². The first-order valence-electron chi connectivity index (χ1n) is 8.70. The molecule has 4 heteroatoms. The second-order valence-corrected chi connectivity index (χ2v) is 6.65. The van der Waals surface area contributed by atoms with E-state index in [9.17, 15) is 9.59 Å². The zero-order chi connectivity index (χ0) is 16.9. The molecule has 0 aromatic heterocycles. The summed E-state index contributed by atoms with van der Waals surface area (Å²) >= 11 is 0. The van der Waals surface area contributed by atoms with Gasteiger partial charge in [0.1, 0.15) is 5.54 Å². The summed E-state index contributed by atoms with van der Waals surface area (Å²) in [5.74, 6) is -0.139. The Hall–Kier alpha value is -1.84. The summed E-state index contributed by atoms with van der Waals surface area (Å²) in [6.07, 6.45) is 6.84. The number of urea groups is 1. The van der Waals surface area contributed by atoms with Crippen molar-refractivity contribution < 1.29 is 9.59 Å². The minimum Gasteiger partial charge on any atom is -0.319 e. The first-order chi connectivity index (χ1) is 11.0. The number of hydrogen-bond donors (Lipinski definition) is 1. The Labute approximate surface area is 139 Å². The number of hydrogen-bond acceptors (Lipinski definition) is 2. The molecule has 1 atom stereocenters. The predicted octanol–water partition coefficient (Wildman–Crippen LogP) is 4.12. The van der Waals surface area contributed by atoms with Gasteiger partial charge in [-0.2, -0.15) is 0 Å². The highest BCUT2D eigenvalue weighted by molar-refractivity contribution is 6.07. The fourth-order valence-corrected chi connectivity index (χ4v) is 3.03. The molecule has 1 aliphatic rings. The molecule has 0 aliphatic carbocycles. The van der Waals surface area contributed by atoms with Crippen molar-refractivity contribution in [2.24, 2.45) is 0 Å². The maximum Gasteiger partial charge on any atom is 0.325 e. The number of imide groups is 1. The van der Waals surface area contributed by atoms with Crippen LogP contribution >= 0.6 is 0 Å². The number of aryl methyl sites for hydroxylation is 1. The van der Waals surface area contributed by atoms with Crippen molar-refractivity contribution in [1.29, 1.82) is 0 Å². The minimum atomic E-state index is -0.938. The van der Waals surface area contributed by atoms with E-state index in [0.29, 0.717) is 6.54 Å². The van der Waals surface area contributed by atoms with Gasteiger partial charge in [-0.25, -0.2) is 4.79 Å². The molecule has 0 unspecified atom stereocenters. The van der Waals surface area contributed by atoms with Crippen LogP contribution in [0.3, 0.4) is 0 Å². The number of nitrogens with one attached hydrogen (secondary N) is 1. The first-order valence-corrected chi connectivity index (χ1v) is 8.70. The molecule has 2 rings (SSSR count). The van der Waals surface area contributed by atoms with Crippen LogP contribution in [-0.2, 0) is 10.3 Å². The van der Waals surface area contributed by atoms with E-state index in [1.165, 1.54) is 30.6 Å². The fourth-order valence-electron chi connectivity index (χ4n) is 3.03. The average molecular weight is 316 g/mol. The Balaban J connectivity index is 1.95. The van der Waals surface area contributed by atoms with Gasteiger partial charge in [-0.1, -0.05) is 68.9 Å². The lowest BCUT2D eigenvalue weighted by Crippen LogP contribution is -2.41. The van der Waals surface area contributed by atoms with Crippen molar-refractivity contribution >= 4 is 11.9 Å². The lowest BCUT2D eigenvalue weighted by atomic mass is 9.91. The van der Waals surface area contributed by atoms with Gasteiger partial charge >= 0.3 is 6.03 Å². The molecule has 1 aromatic carbocycles. The number of benzene rings is 1. The van der Waals surface area contributed by atoms with Gasteiger partial charge in [0, 0.05) is 6.54 Å². The van der Waals surface area contributed by atoms with Gasteiger partial charge in [-0.15, -0.1) is 0 Å². The van der Waals surface area contributed by atoms with E-state index >= 15 is 0 Å². The normalized spacial score (nSPS) is 20.9. The summed E-state index contributed by atoms with van der Waals surface area (Å²) in [6.45, 7) is 6.50. The zero-order valence-corrected chi connectivity index (χ0v) is 14.5. The van der Waals surface area contributed by atoms with Gasteiger partial charge in [-0.05, 0) is 25.8 Å². The van der Waals surface area contributed by atoms with Gasteiger partial charge in [0.15, 0.2) is 0 Å². The molecule has 0 spiro atoms. The van der Waals surface area contributed by atoms with Crippen LogP contribution in [0, 0.1) is 6.92 Å². The van der Waals surface area contributed by atoms with Crippen molar-refractivity contribution in [1.82, 2.24) is 10.2 Å². The maximum absolute atomic E-state index is 12.7. The van der Waals surface area contributed by atoms with Gasteiger partial charge in [0.05, 0.1) is 0 Å². The van der Waals surface area contributed by atoms with Crippen LogP contribution in [0.4, 0.5) is 4.79 Å². The third-order valence-corrected chi connectivity index (χ3v) is 4.64. The Morgan fingerprint density at radius 3 is 2.26 bits per heavy atom. The highest BCUT2D eigenvalue weighted by Gasteiger charge is 2.48. The molecule has 1 fully saturated rings. The van der Waals surface area contributed by atoms with Crippen LogP contribution < -0.4 is 5.32 Å². The Kier molecular flexibility index (Phi) is 5.80. The van der Waals surface area contributed by atoms with Gasteiger partial charge in [0.25, 0.3) is 5.91 Å². The smallest absolute Gasteiger partial charge is 0.319 e. The predicted molar refractivity (Wildman–Crippen MR) is 92.2 cm³/mol. The summed E-state index contributed by atoms with van der Waals surface area (Å²) in [6, 6.07) is 7.50. The van der Waals surface area contributed by atoms with Crippen LogP contribution in [0.25, 0.3) is 0 Å². The summed E-state index contributed by atoms with van der Waals surface area (Å²) in [5, 5.41) is 2.86. The Morgan fingerprint density at radius 2 is 1.61 bits per heavy atom. The van der Waals surface area contributed by atoms with Gasteiger partial charge in [0.2, 0.25) is 0 Å². The summed E-state index contributed by atoms with van der Waals surface area (Å²) in [4.78, 5) is 26.3. The lowest BCUT2D eigenvalue weighted by molar-refractivity contribution is -0.131. The van der Waals surface area contributed by atoms with Crippen LogP contribution in [-0.4, -0.2) is 23.4 Å². The number of carbonyl (C=O) groups excluding carboxylic acids is 2. The molecule has 0 saturated carbocycles. The minimum absolute atomic E-state index is 0.139. The van der Waals surface area contributed by atoms with E-state index < -0.39 is 5.54 Å². The molecule has 1 heterocycles. The molecule has 1 aromatic rings. The topological polar surface area (TPSA) is 49.4 Å². The van der Waals surface area contributed by atoms with E-state index in [1.54, 1.807) is 6.92 Å².